The van der Waals surface area contributed by atoms with E-state index in [0.29, 0.717) is 13.1 Å². The van der Waals surface area contributed by atoms with E-state index in [-0.39, 0.29) is 17.2 Å². The average Bonchev–Trinajstić information content (AvgIpc) is 2.37. The Kier molecular flexibility index (Phi) is 4.11. The summed E-state index contributed by atoms with van der Waals surface area (Å²) in [5, 5.41) is 9.41. The van der Waals surface area contributed by atoms with Crippen LogP contribution in [0.4, 0.5) is 10.6 Å². The van der Waals surface area contributed by atoms with Crippen LogP contribution in [0.15, 0.2) is 18.3 Å². The highest BCUT2D eigenvalue weighted by Gasteiger charge is 2.47. The molecule has 1 aromatic rings. The number of amides is 1. The van der Waals surface area contributed by atoms with Gasteiger partial charge < -0.3 is 9.84 Å². The summed E-state index contributed by atoms with van der Waals surface area (Å²) in [6, 6.07) is 3.88. The van der Waals surface area contributed by atoms with E-state index in [1.807, 2.05) is 32.9 Å². The lowest BCUT2D eigenvalue weighted by molar-refractivity contribution is 0.0210. The number of aliphatic hydroxyl groups excluding tert-OH is 1. The van der Waals surface area contributed by atoms with E-state index < -0.39 is 5.60 Å². The second kappa shape index (κ2) is 5.50. The van der Waals surface area contributed by atoms with Gasteiger partial charge in [-0.1, -0.05) is 0 Å². The third-order valence-electron chi connectivity index (χ3n) is 3.48. The molecule has 0 aromatic carbocycles. The van der Waals surface area contributed by atoms with Crippen molar-refractivity contribution >= 4 is 11.9 Å². The molecule has 0 fully saturated rings. The van der Waals surface area contributed by atoms with Crippen LogP contribution in [0.3, 0.4) is 0 Å². The van der Waals surface area contributed by atoms with Gasteiger partial charge in [-0.3, -0.25) is 0 Å². The normalized spacial score (nSPS) is 22.2. The maximum Gasteiger partial charge on any atom is 0.523 e. The Bertz CT molecular complexity index is 496. The van der Waals surface area contributed by atoms with Crippen molar-refractivity contribution in [3.63, 3.8) is 0 Å². The molecule has 5 nitrogen and oxygen atoms in total. The first-order chi connectivity index (χ1) is 9.39. The molecule has 0 radical (unpaired) electrons. The molecule has 1 N–H and O–H groups in total. The molecule has 0 bridgehead atoms. The molecule has 0 aliphatic carbocycles. The molecule has 110 valence electrons. The van der Waals surface area contributed by atoms with E-state index in [9.17, 15) is 9.90 Å². The van der Waals surface area contributed by atoms with Gasteiger partial charge in [-0.25, -0.2) is 4.98 Å². The number of hydrogen-bond acceptors (Lipinski definition) is 4. The van der Waals surface area contributed by atoms with Gasteiger partial charge in [0.15, 0.2) is 0 Å². The third kappa shape index (κ3) is 2.83. The fourth-order valence-corrected chi connectivity index (χ4v) is 2.66. The number of carbonyl (C=O) groups excluding carboxylic acids is 1. The lowest BCUT2D eigenvalue weighted by Crippen LogP contribution is -2.60. The molecule has 5 heteroatoms. The van der Waals surface area contributed by atoms with E-state index in [1.54, 1.807) is 6.20 Å². The van der Waals surface area contributed by atoms with Gasteiger partial charge in [-0.05, 0) is 39.3 Å². The number of nitrogens with zero attached hydrogens (tertiary/aromatic N) is 2. The summed E-state index contributed by atoms with van der Waals surface area (Å²) in [6.07, 6.45) is 3.17. The number of quaternary nitrogens is 1. The number of aromatic nitrogens is 1. The minimum atomic E-state index is -0.551. The van der Waals surface area contributed by atoms with Gasteiger partial charge in [0.2, 0.25) is 5.82 Å². The topological polar surface area (TPSA) is 59.4 Å². The predicted octanol–water partition coefficient (Wildman–Crippen LogP) is 2.26. The van der Waals surface area contributed by atoms with Crippen LogP contribution in [0.5, 0.6) is 0 Å². The van der Waals surface area contributed by atoms with Crippen LogP contribution >= 0.6 is 0 Å². The molecule has 0 saturated carbocycles. The Labute approximate surface area is 119 Å². The predicted molar refractivity (Wildman–Crippen MR) is 77.4 cm³/mol. The van der Waals surface area contributed by atoms with Crippen molar-refractivity contribution in [2.24, 2.45) is 0 Å². The Morgan fingerprint density at radius 1 is 1.50 bits per heavy atom. The molecule has 2 rings (SSSR count). The van der Waals surface area contributed by atoms with Crippen LogP contribution in [0.1, 0.15) is 32.8 Å². The zero-order chi connectivity index (χ0) is 14.8. The van der Waals surface area contributed by atoms with E-state index in [2.05, 4.69) is 4.98 Å². The van der Waals surface area contributed by atoms with Crippen molar-refractivity contribution in [2.45, 2.75) is 39.2 Å². The smallest absolute Gasteiger partial charge is 0.414 e. The van der Waals surface area contributed by atoms with Crippen LogP contribution < -0.4 is 4.48 Å². The monoisotopic (exact) mass is 279 g/mol. The van der Waals surface area contributed by atoms with Crippen LogP contribution in [-0.4, -0.2) is 41.5 Å². The van der Waals surface area contributed by atoms with Gasteiger partial charge in [0.05, 0.1) is 13.2 Å². The van der Waals surface area contributed by atoms with Gasteiger partial charge >= 0.3 is 6.09 Å². The van der Waals surface area contributed by atoms with Crippen molar-refractivity contribution in [1.82, 2.24) is 9.47 Å². The number of rotatable bonds is 2. The van der Waals surface area contributed by atoms with E-state index >= 15 is 0 Å². The van der Waals surface area contributed by atoms with Crippen LogP contribution in [0, 0.1) is 0 Å². The average molecular weight is 279 g/mol. The molecule has 20 heavy (non-hydrogen) atoms. The Morgan fingerprint density at radius 3 is 2.90 bits per heavy atom. The Hall–Kier alpha value is -1.46. The molecule has 1 amide bonds. The SMILES string of the molecule is CC(C)(C)OC(=O)[N+]1(CCO)CCCc2cccnc21. The highest BCUT2D eigenvalue weighted by atomic mass is 16.6. The van der Waals surface area contributed by atoms with Crippen molar-refractivity contribution in [2.75, 3.05) is 19.7 Å². The summed E-state index contributed by atoms with van der Waals surface area (Å²) in [4.78, 5) is 17.1. The zero-order valence-corrected chi connectivity index (χ0v) is 12.4. The summed E-state index contributed by atoms with van der Waals surface area (Å²) in [6.45, 7) is 6.41. The molecule has 1 atom stereocenters. The summed E-state index contributed by atoms with van der Waals surface area (Å²) < 4.78 is 5.56. The van der Waals surface area contributed by atoms with Crippen molar-refractivity contribution in [3.05, 3.63) is 23.9 Å². The Morgan fingerprint density at radius 2 is 2.25 bits per heavy atom. The third-order valence-corrected chi connectivity index (χ3v) is 3.48. The molecular weight excluding hydrogens is 256 g/mol. The summed E-state index contributed by atoms with van der Waals surface area (Å²) in [5.74, 6) is 0.724. The number of fused-ring (bicyclic) bond motifs is 1. The molecule has 1 aromatic heterocycles. The second-order valence-electron chi connectivity index (χ2n) is 6.21. The van der Waals surface area contributed by atoms with Crippen molar-refractivity contribution < 1.29 is 14.6 Å². The Balaban J connectivity index is 2.43. The first-order valence-corrected chi connectivity index (χ1v) is 7.05. The van der Waals surface area contributed by atoms with Crippen LogP contribution in [-0.2, 0) is 11.2 Å². The van der Waals surface area contributed by atoms with Crippen LogP contribution in [0.2, 0.25) is 0 Å². The molecule has 1 aliphatic rings. The van der Waals surface area contributed by atoms with Gasteiger partial charge in [-0.2, -0.15) is 9.28 Å². The quantitative estimate of drug-likeness (QED) is 0.844. The number of hydrogen-bond donors (Lipinski definition) is 1. The van der Waals surface area contributed by atoms with Gasteiger partial charge in [0, 0.05) is 18.2 Å². The lowest BCUT2D eigenvalue weighted by Gasteiger charge is -2.37. The van der Waals surface area contributed by atoms with E-state index in [1.165, 1.54) is 0 Å². The maximum absolute atomic E-state index is 12.7. The molecule has 2 heterocycles. The number of ether oxygens (including phenoxy) is 1. The fourth-order valence-electron chi connectivity index (χ4n) is 2.66. The van der Waals surface area contributed by atoms with Gasteiger partial charge in [0.25, 0.3) is 0 Å². The van der Waals surface area contributed by atoms with E-state index in [0.717, 1.165) is 24.2 Å². The molecular formula is C15H23N2O3+. The van der Waals surface area contributed by atoms with E-state index in [4.69, 9.17) is 4.74 Å². The first kappa shape index (κ1) is 14.9. The summed E-state index contributed by atoms with van der Waals surface area (Å²) in [7, 11) is 0. The summed E-state index contributed by atoms with van der Waals surface area (Å²) >= 11 is 0. The van der Waals surface area contributed by atoms with Gasteiger partial charge in [0.1, 0.15) is 12.1 Å². The minimum absolute atomic E-state index is 0.00998. The zero-order valence-electron chi connectivity index (χ0n) is 12.4. The van der Waals surface area contributed by atoms with Crippen LogP contribution in [0.25, 0.3) is 0 Å². The molecule has 1 unspecified atom stereocenters. The maximum atomic E-state index is 12.7. The standard InChI is InChI=1S/C15H23N2O3/c1-15(2,3)20-14(19)17(10-11-18)9-5-7-12-6-4-8-16-13(12)17/h4,6,8,18H,5,7,9-11H2,1-3H3/q+1. The van der Waals surface area contributed by atoms with Gasteiger partial charge in [-0.15, -0.1) is 0 Å². The minimum Gasteiger partial charge on any atom is -0.414 e. The highest BCUT2D eigenvalue weighted by molar-refractivity contribution is 5.83. The first-order valence-electron chi connectivity index (χ1n) is 7.05. The molecule has 0 saturated heterocycles. The number of pyridine rings is 1. The second-order valence-corrected chi connectivity index (χ2v) is 6.21. The molecule has 1 aliphatic heterocycles. The summed E-state index contributed by atoms with van der Waals surface area (Å²) in [5.41, 5.74) is 0.516. The molecule has 0 spiro atoms. The highest BCUT2D eigenvalue weighted by Crippen LogP contribution is 2.33. The number of aliphatic hydroxyl groups is 1. The van der Waals surface area contributed by atoms with Crippen molar-refractivity contribution in [1.29, 1.82) is 0 Å². The number of carbonyl (C=O) groups is 1. The lowest BCUT2D eigenvalue weighted by atomic mass is 10.0. The van der Waals surface area contributed by atoms with Crippen molar-refractivity contribution in [3.8, 4) is 0 Å². The number of aryl methyl sites for hydroxylation is 1. The fraction of sp³-hybridized carbons (Fsp3) is 0.600. The largest absolute Gasteiger partial charge is 0.523 e.